The maximum Gasteiger partial charge on any atom is 0.103 e. The van der Waals surface area contributed by atoms with Crippen molar-refractivity contribution in [2.24, 2.45) is 5.10 Å². The third-order valence-electron chi connectivity index (χ3n) is 4.19. The number of quaternary nitrogens is 1. The van der Waals surface area contributed by atoms with Crippen molar-refractivity contribution in [3.05, 3.63) is 71.3 Å². The molecule has 0 amide bonds. The Kier molecular flexibility index (Phi) is 4.86. The lowest BCUT2D eigenvalue weighted by Crippen LogP contribution is -3.13. The van der Waals surface area contributed by atoms with Crippen LogP contribution >= 0.6 is 0 Å². The molecule has 1 aliphatic heterocycles. The van der Waals surface area contributed by atoms with Crippen molar-refractivity contribution in [3.8, 4) is 0 Å². The van der Waals surface area contributed by atoms with E-state index in [-0.39, 0.29) is 0 Å². The summed E-state index contributed by atoms with van der Waals surface area (Å²) in [5.74, 6) is 0. The first-order chi connectivity index (χ1) is 10.8. The van der Waals surface area contributed by atoms with Gasteiger partial charge in [-0.2, -0.15) is 5.10 Å². The minimum Gasteiger partial charge on any atom is -0.328 e. The fraction of sp³-hybridized carbons (Fsp3) is 0.316. The molecule has 114 valence electrons. The lowest BCUT2D eigenvalue weighted by atomic mass is 10.1. The molecule has 1 fully saturated rings. The van der Waals surface area contributed by atoms with Crippen molar-refractivity contribution < 1.29 is 4.90 Å². The van der Waals surface area contributed by atoms with Crippen molar-refractivity contribution in [1.29, 1.82) is 0 Å². The molecule has 0 radical (unpaired) electrons. The summed E-state index contributed by atoms with van der Waals surface area (Å²) in [4.78, 5) is 1.65. The molecule has 3 rings (SSSR count). The van der Waals surface area contributed by atoms with Crippen molar-refractivity contribution in [2.45, 2.75) is 13.5 Å². The van der Waals surface area contributed by atoms with Crippen LogP contribution in [0.15, 0.2) is 59.7 Å². The molecular weight excluding hydrogens is 270 g/mol. The second kappa shape index (κ2) is 7.23. The van der Waals surface area contributed by atoms with E-state index in [1.54, 1.807) is 4.90 Å². The van der Waals surface area contributed by atoms with Gasteiger partial charge in [0.25, 0.3) is 0 Å². The van der Waals surface area contributed by atoms with Gasteiger partial charge in [0.1, 0.15) is 6.54 Å². The standard InChI is InChI=1S/C19H23N3/c1-17-7-9-19(10-8-17)16-21-11-13-22(14-12-21)20-15-18-5-3-2-4-6-18/h2-10,15H,11-14,16H2,1H3/p+1/b20-15-. The number of benzene rings is 2. The molecule has 22 heavy (non-hydrogen) atoms. The summed E-state index contributed by atoms with van der Waals surface area (Å²) in [7, 11) is 0. The van der Waals surface area contributed by atoms with E-state index in [2.05, 4.69) is 53.4 Å². The molecule has 0 saturated carbocycles. The molecule has 0 aliphatic carbocycles. The highest BCUT2D eigenvalue weighted by atomic mass is 15.5. The van der Waals surface area contributed by atoms with Gasteiger partial charge < -0.3 is 4.90 Å². The van der Waals surface area contributed by atoms with Crippen LogP contribution in [-0.4, -0.2) is 37.4 Å². The number of piperazine rings is 1. The van der Waals surface area contributed by atoms with Gasteiger partial charge in [-0.15, -0.1) is 0 Å². The van der Waals surface area contributed by atoms with Crippen LogP contribution in [0.2, 0.25) is 0 Å². The maximum atomic E-state index is 4.60. The fourth-order valence-corrected chi connectivity index (χ4v) is 2.79. The van der Waals surface area contributed by atoms with Gasteiger partial charge in [-0.25, -0.2) is 0 Å². The van der Waals surface area contributed by atoms with Gasteiger partial charge in [0.15, 0.2) is 0 Å². The zero-order valence-corrected chi connectivity index (χ0v) is 13.2. The van der Waals surface area contributed by atoms with Crippen molar-refractivity contribution in [3.63, 3.8) is 0 Å². The normalized spacial score (nSPS) is 16.3. The van der Waals surface area contributed by atoms with Crippen LogP contribution in [0.3, 0.4) is 0 Å². The summed E-state index contributed by atoms with van der Waals surface area (Å²) in [6.07, 6.45) is 1.96. The number of rotatable bonds is 4. The molecular formula is C19H24N3+. The zero-order chi connectivity index (χ0) is 15.2. The van der Waals surface area contributed by atoms with Crippen LogP contribution in [-0.2, 0) is 6.54 Å². The summed E-state index contributed by atoms with van der Waals surface area (Å²) in [6, 6.07) is 19.2. The minimum absolute atomic E-state index is 1.03. The number of nitrogens with one attached hydrogen (secondary N) is 1. The van der Waals surface area contributed by atoms with Crippen molar-refractivity contribution in [1.82, 2.24) is 5.01 Å². The first-order valence-corrected chi connectivity index (χ1v) is 8.03. The van der Waals surface area contributed by atoms with Gasteiger partial charge in [0.2, 0.25) is 0 Å². The second-order valence-corrected chi connectivity index (χ2v) is 6.02. The third-order valence-corrected chi connectivity index (χ3v) is 4.19. The summed E-state index contributed by atoms with van der Waals surface area (Å²) in [5, 5.41) is 6.79. The molecule has 2 aromatic carbocycles. The van der Waals surface area contributed by atoms with Gasteiger partial charge in [-0.05, 0) is 12.5 Å². The molecule has 2 aromatic rings. The number of hydrogen-bond acceptors (Lipinski definition) is 2. The Morgan fingerprint density at radius 1 is 1.00 bits per heavy atom. The molecule has 1 heterocycles. The predicted molar refractivity (Wildman–Crippen MR) is 91.2 cm³/mol. The zero-order valence-electron chi connectivity index (χ0n) is 13.2. The predicted octanol–water partition coefficient (Wildman–Crippen LogP) is 1.73. The van der Waals surface area contributed by atoms with Crippen LogP contribution in [0, 0.1) is 6.92 Å². The number of hydrazone groups is 1. The molecule has 1 aliphatic rings. The van der Waals surface area contributed by atoms with Crippen molar-refractivity contribution in [2.75, 3.05) is 26.2 Å². The molecule has 3 nitrogen and oxygen atoms in total. The van der Waals surface area contributed by atoms with Gasteiger partial charge in [0, 0.05) is 5.56 Å². The van der Waals surface area contributed by atoms with E-state index >= 15 is 0 Å². The molecule has 3 heteroatoms. The lowest BCUT2D eigenvalue weighted by Gasteiger charge is -2.30. The number of hydrogen-bond donors (Lipinski definition) is 1. The average Bonchev–Trinajstić information content (AvgIpc) is 2.57. The molecule has 0 spiro atoms. The van der Waals surface area contributed by atoms with E-state index < -0.39 is 0 Å². The molecule has 1 saturated heterocycles. The highest BCUT2D eigenvalue weighted by Crippen LogP contribution is 2.02. The van der Waals surface area contributed by atoms with Gasteiger partial charge in [-0.3, -0.25) is 5.01 Å². The highest BCUT2D eigenvalue weighted by molar-refractivity contribution is 5.79. The van der Waals surface area contributed by atoms with E-state index in [4.69, 9.17) is 0 Å². The average molecular weight is 294 g/mol. The first kappa shape index (κ1) is 14.8. The lowest BCUT2D eigenvalue weighted by molar-refractivity contribution is -0.918. The number of aryl methyl sites for hydroxylation is 1. The largest absolute Gasteiger partial charge is 0.328 e. The van der Waals surface area contributed by atoms with Crippen LogP contribution in [0.4, 0.5) is 0 Å². The van der Waals surface area contributed by atoms with Gasteiger partial charge in [-0.1, -0.05) is 60.2 Å². The molecule has 0 bridgehead atoms. The van der Waals surface area contributed by atoms with Crippen LogP contribution in [0.25, 0.3) is 0 Å². The van der Waals surface area contributed by atoms with Crippen LogP contribution in [0.5, 0.6) is 0 Å². The van der Waals surface area contributed by atoms with Crippen LogP contribution < -0.4 is 4.90 Å². The van der Waals surface area contributed by atoms with E-state index in [1.807, 2.05) is 24.4 Å². The van der Waals surface area contributed by atoms with E-state index in [1.165, 1.54) is 11.1 Å². The van der Waals surface area contributed by atoms with Gasteiger partial charge in [0.05, 0.1) is 32.4 Å². The molecule has 0 unspecified atom stereocenters. The van der Waals surface area contributed by atoms with Crippen molar-refractivity contribution >= 4 is 6.21 Å². The Balaban J connectivity index is 1.48. The molecule has 0 aromatic heterocycles. The number of nitrogens with zero attached hydrogens (tertiary/aromatic N) is 2. The SMILES string of the molecule is Cc1ccc(C[NH+]2CCN(/N=C\c3ccccc3)CC2)cc1. The summed E-state index contributed by atoms with van der Waals surface area (Å²) in [6.45, 7) is 7.63. The monoisotopic (exact) mass is 294 g/mol. The summed E-state index contributed by atoms with van der Waals surface area (Å²) in [5.41, 5.74) is 3.93. The van der Waals surface area contributed by atoms with E-state index in [0.717, 1.165) is 38.3 Å². The quantitative estimate of drug-likeness (QED) is 0.852. The smallest absolute Gasteiger partial charge is 0.103 e. The molecule has 0 atom stereocenters. The second-order valence-electron chi connectivity index (χ2n) is 6.02. The summed E-state index contributed by atoms with van der Waals surface area (Å²) < 4.78 is 0. The third kappa shape index (κ3) is 4.18. The van der Waals surface area contributed by atoms with E-state index in [0.29, 0.717) is 0 Å². The Hall–Kier alpha value is -2.13. The van der Waals surface area contributed by atoms with Crippen LogP contribution in [0.1, 0.15) is 16.7 Å². The Morgan fingerprint density at radius 2 is 1.68 bits per heavy atom. The Morgan fingerprint density at radius 3 is 2.36 bits per heavy atom. The molecule has 1 N–H and O–H groups in total. The van der Waals surface area contributed by atoms with Gasteiger partial charge >= 0.3 is 0 Å². The Bertz CT molecular complexity index is 596. The minimum atomic E-state index is 1.03. The highest BCUT2D eigenvalue weighted by Gasteiger charge is 2.18. The summed E-state index contributed by atoms with van der Waals surface area (Å²) >= 11 is 0. The van der Waals surface area contributed by atoms with E-state index in [9.17, 15) is 0 Å². The fourth-order valence-electron chi connectivity index (χ4n) is 2.79. The topological polar surface area (TPSA) is 20.0 Å². The Labute approximate surface area is 132 Å². The first-order valence-electron chi connectivity index (χ1n) is 8.03. The maximum absolute atomic E-state index is 4.60.